The number of hydrogen-bond acceptors (Lipinski definition) is 10. The fourth-order valence-electron chi connectivity index (χ4n) is 6.28. The quantitative estimate of drug-likeness (QED) is 0.344. The van der Waals surface area contributed by atoms with Gasteiger partial charge in [0.15, 0.2) is 5.78 Å². The van der Waals surface area contributed by atoms with Crippen LogP contribution in [0.5, 0.6) is 0 Å². The van der Waals surface area contributed by atoms with Gasteiger partial charge in [0.05, 0.1) is 12.0 Å². The van der Waals surface area contributed by atoms with E-state index in [1.165, 1.54) is 15.9 Å². The molecule has 36 heavy (non-hydrogen) atoms. The van der Waals surface area contributed by atoms with Crippen molar-refractivity contribution in [2.75, 3.05) is 26.2 Å². The normalized spacial score (nSPS) is 33.2. The summed E-state index contributed by atoms with van der Waals surface area (Å²) >= 11 is 1.61. The molecule has 0 aliphatic carbocycles. The number of aromatic nitrogens is 4. The zero-order chi connectivity index (χ0) is 25.6. The summed E-state index contributed by atoms with van der Waals surface area (Å²) in [5.74, 6) is -1.98. The number of hydrogen-bond donors (Lipinski definition) is 3. The van der Waals surface area contributed by atoms with Gasteiger partial charge in [-0.15, -0.1) is 16.9 Å². The largest absolute Gasteiger partial charge is 0.477 e. The molecule has 0 saturated carbocycles. The summed E-state index contributed by atoms with van der Waals surface area (Å²) in [5.41, 5.74) is 6.16. The van der Waals surface area contributed by atoms with Gasteiger partial charge < -0.3 is 26.0 Å². The van der Waals surface area contributed by atoms with Crippen LogP contribution in [0.4, 0.5) is 0 Å². The van der Waals surface area contributed by atoms with Gasteiger partial charge >= 0.3 is 5.97 Å². The van der Waals surface area contributed by atoms with Gasteiger partial charge in [-0.3, -0.25) is 9.59 Å². The molecule has 13 heteroatoms. The van der Waals surface area contributed by atoms with Crippen LogP contribution in [0.25, 0.3) is 0 Å². The Morgan fingerprint density at radius 2 is 2.19 bits per heavy atom. The lowest BCUT2D eigenvalue weighted by Gasteiger charge is -2.47. The second-order valence-corrected chi connectivity index (χ2v) is 12.0. The smallest absolute Gasteiger partial charge is 0.353 e. The minimum absolute atomic E-state index is 0.0567. The van der Waals surface area contributed by atoms with Gasteiger partial charge in [-0.25, -0.2) is 9.48 Å². The number of fused-ring (bicyclic) bond motifs is 1. The molecule has 12 nitrogen and oxygen atoms in total. The predicted molar refractivity (Wildman–Crippen MR) is 131 cm³/mol. The van der Waals surface area contributed by atoms with Crippen molar-refractivity contribution < 1.29 is 19.5 Å². The molecule has 0 aromatic carbocycles. The molecule has 196 valence electrons. The van der Waals surface area contributed by atoms with Crippen LogP contribution in [0.15, 0.2) is 16.9 Å². The van der Waals surface area contributed by atoms with E-state index in [1.54, 1.807) is 11.8 Å². The molecule has 0 radical (unpaired) electrons. The van der Waals surface area contributed by atoms with E-state index in [1.807, 2.05) is 13.8 Å². The number of amides is 1. The lowest BCUT2D eigenvalue weighted by molar-refractivity contribution is -0.160. The number of carboxylic acids is 1. The van der Waals surface area contributed by atoms with Gasteiger partial charge in [0.1, 0.15) is 18.6 Å². The molecule has 5 heterocycles. The number of nitrogens with one attached hydrogen (secondary N) is 1. The van der Waals surface area contributed by atoms with Crippen LogP contribution in [0, 0.1) is 17.8 Å². The van der Waals surface area contributed by atoms with E-state index in [0.29, 0.717) is 6.04 Å². The van der Waals surface area contributed by atoms with Crippen LogP contribution in [-0.4, -0.2) is 102 Å². The SMILES string of the molecule is C[C@@H](CC(=O)Cn1cnnn1)[C@H]1C(=O)N2C(C(=O)O)=C(S[C@@H]3CN[C@H](CN4CC[C@@H](N)C4)C3)[C@H](C)[C@H]12. The number of carbonyl (C=O) groups excluding carboxylic acids is 2. The molecule has 7 atom stereocenters. The average Bonchev–Trinajstić information content (AvgIpc) is 3.59. The third kappa shape index (κ3) is 4.81. The first-order chi connectivity index (χ1) is 17.2. The average molecular weight is 519 g/mol. The molecule has 3 fully saturated rings. The van der Waals surface area contributed by atoms with E-state index in [9.17, 15) is 19.5 Å². The minimum atomic E-state index is -1.06. The summed E-state index contributed by atoms with van der Waals surface area (Å²) in [6.07, 6.45) is 3.58. The van der Waals surface area contributed by atoms with E-state index >= 15 is 0 Å². The molecule has 5 rings (SSSR count). The van der Waals surface area contributed by atoms with Crippen LogP contribution in [0.3, 0.4) is 0 Å². The molecular weight excluding hydrogens is 484 g/mol. The number of carboxylic acid groups (broad SMARTS) is 1. The third-order valence-electron chi connectivity index (χ3n) is 7.95. The lowest BCUT2D eigenvalue weighted by atomic mass is 9.73. The Hall–Kier alpha value is -2.35. The summed E-state index contributed by atoms with van der Waals surface area (Å²) in [4.78, 5) is 42.6. The summed E-state index contributed by atoms with van der Waals surface area (Å²) in [5, 5.41) is 24.6. The maximum Gasteiger partial charge on any atom is 0.353 e. The van der Waals surface area contributed by atoms with Gasteiger partial charge in [-0.1, -0.05) is 13.8 Å². The first kappa shape index (κ1) is 25.3. The van der Waals surface area contributed by atoms with Crippen LogP contribution in [0.2, 0.25) is 0 Å². The van der Waals surface area contributed by atoms with Gasteiger partial charge in [-0.2, -0.15) is 0 Å². The molecule has 0 bridgehead atoms. The van der Waals surface area contributed by atoms with E-state index in [4.69, 9.17) is 5.73 Å². The lowest BCUT2D eigenvalue weighted by Crippen LogP contribution is -2.62. The maximum atomic E-state index is 13.1. The number of nitrogens with zero attached hydrogens (tertiary/aromatic N) is 6. The Morgan fingerprint density at radius 1 is 1.39 bits per heavy atom. The molecule has 1 aromatic heterocycles. The van der Waals surface area contributed by atoms with Crippen molar-refractivity contribution >= 4 is 29.4 Å². The van der Waals surface area contributed by atoms with Crippen LogP contribution in [0.1, 0.15) is 33.1 Å². The van der Waals surface area contributed by atoms with E-state index in [2.05, 4.69) is 25.7 Å². The molecule has 1 amide bonds. The Morgan fingerprint density at radius 3 is 2.86 bits per heavy atom. The Balaban J connectivity index is 1.21. The topological polar surface area (TPSA) is 160 Å². The number of carbonyl (C=O) groups is 3. The minimum Gasteiger partial charge on any atom is -0.477 e. The highest BCUT2D eigenvalue weighted by molar-refractivity contribution is 8.03. The summed E-state index contributed by atoms with van der Waals surface area (Å²) < 4.78 is 1.36. The second-order valence-electron chi connectivity index (χ2n) is 10.6. The van der Waals surface area contributed by atoms with Crippen molar-refractivity contribution in [2.45, 2.75) is 63.0 Å². The first-order valence-electron chi connectivity index (χ1n) is 12.6. The summed E-state index contributed by atoms with van der Waals surface area (Å²) in [6.45, 7) is 7.68. The molecule has 1 aromatic rings. The van der Waals surface area contributed by atoms with Gasteiger partial charge in [0, 0.05) is 54.2 Å². The molecule has 4 N–H and O–H groups in total. The van der Waals surface area contributed by atoms with Crippen LogP contribution >= 0.6 is 11.8 Å². The molecule has 4 aliphatic heterocycles. The Kier molecular flexibility index (Phi) is 7.16. The monoisotopic (exact) mass is 518 g/mol. The zero-order valence-electron chi connectivity index (χ0n) is 20.6. The number of Topliss-reactive ketones (excluding diaryl/α,β-unsaturated/α-hetero) is 1. The number of likely N-dealkylation sites (tertiary alicyclic amines) is 1. The summed E-state index contributed by atoms with van der Waals surface area (Å²) in [7, 11) is 0. The molecular formula is C23H34N8O4S. The predicted octanol–water partition coefficient (Wildman–Crippen LogP) is -0.462. The first-order valence-corrected chi connectivity index (χ1v) is 13.5. The van der Waals surface area contributed by atoms with Crippen LogP contribution < -0.4 is 11.1 Å². The standard InChI is InChI=1S/C23H34N8O4S/c1-12(5-16(32)10-30-11-26-27-28-30)18-19-13(2)21(20(23(34)35)31(19)22(18)33)36-17-6-15(25-7-17)9-29-4-3-14(24)8-29/h11-15,17-19,25H,3-10,24H2,1-2H3,(H,34,35)/t12-,13+,14+,15-,17-,18+,19+/m0/s1. The maximum absolute atomic E-state index is 13.1. The van der Waals surface area contributed by atoms with Crippen molar-refractivity contribution in [2.24, 2.45) is 23.5 Å². The highest BCUT2D eigenvalue weighted by Gasteiger charge is 2.60. The van der Waals surface area contributed by atoms with E-state index in [-0.39, 0.29) is 65.4 Å². The molecule has 0 unspecified atom stereocenters. The number of nitrogens with two attached hydrogens (primary N) is 1. The zero-order valence-corrected chi connectivity index (χ0v) is 21.4. The molecule has 3 saturated heterocycles. The van der Waals surface area contributed by atoms with Crippen molar-refractivity contribution in [3.63, 3.8) is 0 Å². The van der Waals surface area contributed by atoms with E-state index in [0.717, 1.165) is 43.9 Å². The van der Waals surface area contributed by atoms with E-state index < -0.39 is 5.97 Å². The van der Waals surface area contributed by atoms with Gasteiger partial charge in [0.25, 0.3) is 0 Å². The number of tetrazole rings is 1. The third-order valence-corrected chi connectivity index (χ3v) is 9.46. The van der Waals surface area contributed by atoms with Crippen molar-refractivity contribution in [3.8, 4) is 0 Å². The van der Waals surface area contributed by atoms with Crippen molar-refractivity contribution in [1.82, 2.24) is 35.3 Å². The van der Waals surface area contributed by atoms with Gasteiger partial charge in [-0.05, 0) is 35.7 Å². The number of aliphatic carboxylic acids is 1. The fraction of sp³-hybridized carbons (Fsp3) is 0.739. The van der Waals surface area contributed by atoms with Gasteiger partial charge in [0.2, 0.25) is 5.91 Å². The summed E-state index contributed by atoms with van der Waals surface area (Å²) in [6, 6.07) is 0.390. The van der Waals surface area contributed by atoms with Crippen molar-refractivity contribution in [3.05, 3.63) is 16.9 Å². The number of ketones is 1. The Bertz CT molecular complexity index is 1050. The highest BCUT2D eigenvalue weighted by atomic mass is 32.2. The fourth-order valence-corrected chi connectivity index (χ4v) is 7.80. The highest BCUT2D eigenvalue weighted by Crippen LogP contribution is 2.53. The Labute approximate surface area is 214 Å². The number of rotatable bonds is 10. The molecule has 4 aliphatic rings. The van der Waals surface area contributed by atoms with Crippen molar-refractivity contribution in [1.29, 1.82) is 0 Å². The van der Waals surface area contributed by atoms with Crippen LogP contribution in [-0.2, 0) is 20.9 Å². The number of β-lactam (4-membered cyclic amide) rings is 1. The number of thioether (sulfide) groups is 1. The molecule has 0 spiro atoms. The second kappa shape index (κ2) is 10.2.